The molecule has 1 heterocycles. The van der Waals surface area contributed by atoms with E-state index in [1.54, 1.807) is 6.08 Å². The van der Waals surface area contributed by atoms with Gasteiger partial charge in [0.05, 0.1) is 0 Å². The largest absolute Gasteiger partial charge is 0.339 e. The molecule has 0 spiro atoms. The first-order valence-electron chi connectivity index (χ1n) is 5.19. The molecule has 1 amide bonds. The van der Waals surface area contributed by atoms with E-state index in [0.29, 0.717) is 0 Å². The van der Waals surface area contributed by atoms with Crippen LogP contribution < -0.4 is 0 Å². The van der Waals surface area contributed by atoms with Crippen molar-refractivity contribution in [2.45, 2.75) is 33.1 Å². The molecule has 2 nitrogen and oxygen atoms in total. The minimum atomic E-state index is 0.181. The van der Waals surface area contributed by atoms with E-state index in [9.17, 15) is 4.79 Å². The molecule has 1 atom stereocenters. The Morgan fingerprint density at radius 1 is 1.62 bits per heavy atom. The first-order chi connectivity index (χ1) is 6.27. The van der Waals surface area contributed by atoms with Gasteiger partial charge >= 0.3 is 0 Å². The zero-order valence-corrected chi connectivity index (χ0v) is 8.62. The maximum absolute atomic E-state index is 11.5. The van der Waals surface area contributed by atoms with Crippen molar-refractivity contribution >= 4 is 5.91 Å². The zero-order valence-electron chi connectivity index (χ0n) is 8.62. The average Bonchev–Trinajstić information content (AvgIpc) is 2.18. The zero-order chi connectivity index (χ0) is 9.68. The molecule has 0 bridgehead atoms. The van der Waals surface area contributed by atoms with E-state index < -0.39 is 0 Å². The first-order valence-corrected chi connectivity index (χ1v) is 5.19. The number of rotatable bonds is 2. The molecule has 0 aromatic carbocycles. The second-order valence-corrected chi connectivity index (χ2v) is 3.70. The van der Waals surface area contributed by atoms with E-state index in [0.717, 1.165) is 19.0 Å². The van der Waals surface area contributed by atoms with Crippen LogP contribution in [0.25, 0.3) is 0 Å². The lowest BCUT2D eigenvalue weighted by Crippen LogP contribution is -2.38. The number of amides is 1. The fourth-order valence-electron chi connectivity index (χ4n) is 1.85. The van der Waals surface area contributed by atoms with Crippen LogP contribution in [-0.4, -0.2) is 23.9 Å². The summed E-state index contributed by atoms with van der Waals surface area (Å²) in [4.78, 5) is 13.5. The lowest BCUT2D eigenvalue weighted by Gasteiger charge is -2.31. The molecule has 1 saturated heterocycles. The smallest absolute Gasteiger partial charge is 0.246 e. The van der Waals surface area contributed by atoms with E-state index in [-0.39, 0.29) is 5.91 Å². The predicted molar refractivity (Wildman–Crippen MR) is 54.4 cm³/mol. The van der Waals surface area contributed by atoms with Gasteiger partial charge in [0, 0.05) is 13.1 Å². The second-order valence-electron chi connectivity index (χ2n) is 3.70. The van der Waals surface area contributed by atoms with Crippen LogP contribution in [0.1, 0.15) is 33.1 Å². The summed E-state index contributed by atoms with van der Waals surface area (Å²) in [6.07, 6.45) is 7.13. The highest BCUT2D eigenvalue weighted by molar-refractivity contribution is 5.87. The van der Waals surface area contributed by atoms with Gasteiger partial charge in [-0.1, -0.05) is 19.4 Å². The molecular weight excluding hydrogens is 162 g/mol. The molecule has 1 aliphatic rings. The van der Waals surface area contributed by atoms with Crippen molar-refractivity contribution in [1.29, 1.82) is 0 Å². The van der Waals surface area contributed by atoms with Gasteiger partial charge in [-0.2, -0.15) is 0 Å². The molecule has 0 radical (unpaired) electrons. The first kappa shape index (κ1) is 10.3. The average molecular weight is 181 g/mol. The van der Waals surface area contributed by atoms with Crippen molar-refractivity contribution in [1.82, 2.24) is 4.90 Å². The fourth-order valence-corrected chi connectivity index (χ4v) is 1.85. The number of carbonyl (C=O) groups excluding carboxylic acids is 1. The lowest BCUT2D eigenvalue weighted by atomic mass is 9.96. The summed E-state index contributed by atoms with van der Waals surface area (Å²) < 4.78 is 0. The number of hydrogen-bond acceptors (Lipinski definition) is 1. The Labute approximate surface area is 80.6 Å². The molecule has 13 heavy (non-hydrogen) atoms. The molecule has 0 saturated carbocycles. The quantitative estimate of drug-likeness (QED) is 0.598. The highest BCUT2D eigenvalue weighted by Gasteiger charge is 2.20. The molecule has 2 heteroatoms. The highest BCUT2D eigenvalue weighted by atomic mass is 16.2. The highest BCUT2D eigenvalue weighted by Crippen LogP contribution is 2.19. The predicted octanol–water partition coefficient (Wildman–Crippen LogP) is 2.21. The van der Waals surface area contributed by atoms with Crippen molar-refractivity contribution in [3.8, 4) is 0 Å². The summed E-state index contributed by atoms with van der Waals surface area (Å²) in [5.74, 6) is 0.906. The molecule has 74 valence electrons. The minimum absolute atomic E-state index is 0.181. The number of allylic oxidation sites excluding steroid dienone is 1. The standard InChI is InChI=1S/C11H19NO/c1-3-6-11(13)12-8-5-7-10(4-2)9-12/h3,6,10H,4-5,7-9H2,1-2H3/b6-3+. The van der Waals surface area contributed by atoms with Crippen LogP contribution in [0.5, 0.6) is 0 Å². The van der Waals surface area contributed by atoms with Gasteiger partial charge in [-0.25, -0.2) is 0 Å². The fraction of sp³-hybridized carbons (Fsp3) is 0.727. The maximum atomic E-state index is 11.5. The Kier molecular flexibility index (Phi) is 4.00. The molecule has 1 fully saturated rings. The minimum Gasteiger partial charge on any atom is -0.339 e. The van der Waals surface area contributed by atoms with Crippen molar-refractivity contribution in [2.24, 2.45) is 5.92 Å². The van der Waals surface area contributed by atoms with Crippen molar-refractivity contribution in [3.63, 3.8) is 0 Å². The van der Waals surface area contributed by atoms with Crippen molar-refractivity contribution < 1.29 is 4.79 Å². The normalized spacial score (nSPS) is 23.8. The third kappa shape index (κ3) is 2.87. The van der Waals surface area contributed by atoms with Crippen LogP contribution in [0.15, 0.2) is 12.2 Å². The Morgan fingerprint density at radius 3 is 3.00 bits per heavy atom. The second kappa shape index (κ2) is 5.05. The topological polar surface area (TPSA) is 20.3 Å². The lowest BCUT2D eigenvalue weighted by molar-refractivity contribution is -0.127. The van der Waals surface area contributed by atoms with Crippen LogP contribution in [0.2, 0.25) is 0 Å². The van der Waals surface area contributed by atoms with Crippen molar-refractivity contribution in [2.75, 3.05) is 13.1 Å². The number of likely N-dealkylation sites (tertiary alicyclic amines) is 1. The number of hydrogen-bond donors (Lipinski definition) is 0. The third-order valence-corrected chi connectivity index (χ3v) is 2.72. The monoisotopic (exact) mass is 181 g/mol. The van der Waals surface area contributed by atoms with Gasteiger partial charge in [0.1, 0.15) is 0 Å². The maximum Gasteiger partial charge on any atom is 0.246 e. The van der Waals surface area contributed by atoms with Gasteiger partial charge < -0.3 is 4.90 Å². The summed E-state index contributed by atoms with van der Waals surface area (Å²) in [5.41, 5.74) is 0. The Hall–Kier alpha value is -0.790. The number of carbonyl (C=O) groups is 1. The van der Waals surface area contributed by atoms with Crippen LogP contribution in [0, 0.1) is 5.92 Å². The number of nitrogens with zero attached hydrogens (tertiary/aromatic N) is 1. The molecule has 1 rings (SSSR count). The summed E-state index contributed by atoms with van der Waals surface area (Å²) >= 11 is 0. The molecule has 0 aromatic heterocycles. The van der Waals surface area contributed by atoms with Gasteiger partial charge in [-0.3, -0.25) is 4.79 Å². The van der Waals surface area contributed by atoms with Gasteiger partial charge in [0.25, 0.3) is 0 Å². The Bertz CT molecular complexity index is 198. The van der Waals surface area contributed by atoms with E-state index in [1.165, 1.54) is 19.3 Å². The van der Waals surface area contributed by atoms with Gasteiger partial charge in [-0.05, 0) is 31.8 Å². The Morgan fingerprint density at radius 2 is 2.38 bits per heavy atom. The Balaban J connectivity index is 2.46. The van der Waals surface area contributed by atoms with E-state index in [4.69, 9.17) is 0 Å². The van der Waals surface area contributed by atoms with Crippen LogP contribution >= 0.6 is 0 Å². The van der Waals surface area contributed by atoms with Gasteiger partial charge in [0.15, 0.2) is 0 Å². The summed E-state index contributed by atoms with van der Waals surface area (Å²) in [7, 11) is 0. The molecule has 0 aromatic rings. The number of piperidine rings is 1. The molecule has 0 aliphatic carbocycles. The van der Waals surface area contributed by atoms with E-state index in [1.807, 2.05) is 17.9 Å². The van der Waals surface area contributed by atoms with Crippen molar-refractivity contribution in [3.05, 3.63) is 12.2 Å². The van der Waals surface area contributed by atoms with Gasteiger partial charge in [-0.15, -0.1) is 0 Å². The third-order valence-electron chi connectivity index (χ3n) is 2.72. The van der Waals surface area contributed by atoms with Crippen LogP contribution in [0.4, 0.5) is 0 Å². The van der Waals surface area contributed by atoms with E-state index >= 15 is 0 Å². The molecule has 1 unspecified atom stereocenters. The van der Waals surface area contributed by atoms with Crippen LogP contribution in [0.3, 0.4) is 0 Å². The summed E-state index contributed by atoms with van der Waals surface area (Å²) in [5, 5.41) is 0. The van der Waals surface area contributed by atoms with Gasteiger partial charge in [0.2, 0.25) is 5.91 Å². The SMILES string of the molecule is C/C=C/C(=O)N1CCCC(CC)C1. The molecule has 0 N–H and O–H groups in total. The molecular formula is C11H19NO. The summed E-state index contributed by atoms with van der Waals surface area (Å²) in [6, 6.07) is 0. The molecule has 1 aliphatic heterocycles. The van der Waals surface area contributed by atoms with E-state index in [2.05, 4.69) is 6.92 Å². The summed E-state index contributed by atoms with van der Waals surface area (Å²) in [6.45, 7) is 5.99. The van der Waals surface area contributed by atoms with Crippen LogP contribution in [-0.2, 0) is 4.79 Å².